The highest BCUT2D eigenvalue weighted by molar-refractivity contribution is 9.09. The Balaban J connectivity index is 2.98. The topological polar surface area (TPSA) is 29.5 Å². The SMILES string of the molecule is COCC(Br)CN(C)C(=O)c1cccc(C(F)(F)F)c1F. The number of carbonyl (C=O) groups excluding carboxylic acids is 1. The molecule has 118 valence electrons. The molecule has 0 bridgehead atoms. The van der Waals surface area contributed by atoms with Crippen LogP contribution in [0.25, 0.3) is 0 Å². The molecule has 21 heavy (non-hydrogen) atoms. The molecular weight excluding hydrogens is 358 g/mol. The van der Waals surface area contributed by atoms with Crippen molar-refractivity contribution in [2.45, 2.75) is 11.0 Å². The molecule has 1 unspecified atom stereocenters. The molecule has 0 saturated heterocycles. The fraction of sp³-hybridized carbons (Fsp3) is 0.462. The number of halogens is 5. The first kappa shape index (κ1) is 17.9. The Bertz CT molecular complexity index is 507. The summed E-state index contributed by atoms with van der Waals surface area (Å²) >= 11 is 3.25. The van der Waals surface area contributed by atoms with Crippen molar-refractivity contribution < 1.29 is 27.1 Å². The van der Waals surface area contributed by atoms with E-state index in [0.29, 0.717) is 12.7 Å². The zero-order chi connectivity index (χ0) is 16.2. The summed E-state index contributed by atoms with van der Waals surface area (Å²) in [6.07, 6.45) is -4.84. The smallest absolute Gasteiger partial charge is 0.383 e. The number of ether oxygens (including phenoxy) is 1. The molecule has 1 aromatic rings. The van der Waals surface area contributed by atoms with Crippen LogP contribution in [-0.4, -0.2) is 42.9 Å². The van der Waals surface area contributed by atoms with Crippen molar-refractivity contribution in [3.05, 3.63) is 35.1 Å². The van der Waals surface area contributed by atoms with Gasteiger partial charge in [-0.3, -0.25) is 4.79 Å². The third kappa shape index (κ3) is 4.67. The van der Waals surface area contributed by atoms with Gasteiger partial charge in [0.2, 0.25) is 0 Å². The molecule has 0 saturated carbocycles. The third-order valence-corrected chi connectivity index (χ3v) is 3.25. The van der Waals surface area contributed by atoms with Crippen molar-refractivity contribution in [3.8, 4) is 0 Å². The minimum absolute atomic E-state index is 0.169. The van der Waals surface area contributed by atoms with Gasteiger partial charge < -0.3 is 9.64 Å². The molecule has 0 aromatic heterocycles. The Morgan fingerprint density at radius 1 is 1.43 bits per heavy atom. The number of alkyl halides is 4. The highest BCUT2D eigenvalue weighted by atomic mass is 79.9. The van der Waals surface area contributed by atoms with Gasteiger partial charge in [-0.25, -0.2) is 4.39 Å². The van der Waals surface area contributed by atoms with E-state index in [9.17, 15) is 22.4 Å². The van der Waals surface area contributed by atoms with Crippen LogP contribution in [-0.2, 0) is 10.9 Å². The molecular formula is C13H14BrF4NO2. The second-order valence-corrected chi connectivity index (χ2v) is 5.70. The molecule has 0 fully saturated rings. The number of carbonyl (C=O) groups is 1. The molecule has 0 radical (unpaired) electrons. The first-order valence-electron chi connectivity index (χ1n) is 5.92. The zero-order valence-corrected chi connectivity index (χ0v) is 13.0. The van der Waals surface area contributed by atoms with Crippen LogP contribution in [0.3, 0.4) is 0 Å². The fourth-order valence-electron chi connectivity index (χ4n) is 1.74. The first-order valence-corrected chi connectivity index (χ1v) is 6.84. The van der Waals surface area contributed by atoms with Crippen molar-refractivity contribution in [1.29, 1.82) is 0 Å². The number of nitrogens with zero attached hydrogens (tertiary/aromatic N) is 1. The summed E-state index contributed by atoms with van der Waals surface area (Å²) in [6.45, 7) is 0.477. The maximum Gasteiger partial charge on any atom is 0.419 e. The van der Waals surface area contributed by atoms with Crippen LogP contribution in [0.2, 0.25) is 0 Å². The molecule has 0 spiro atoms. The Labute approximate surface area is 128 Å². The van der Waals surface area contributed by atoms with Gasteiger partial charge in [0.1, 0.15) is 5.82 Å². The molecule has 1 rings (SSSR count). The van der Waals surface area contributed by atoms with Crippen molar-refractivity contribution >= 4 is 21.8 Å². The highest BCUT2D eigenvalue weighted by Gasteiger charge is 2.36. The molecule has 3 nitrogen and oxygen atoms in total. The summed E-state index contributed by atoms with van der Waals surface area (Å²) in [6, 6.07) is 2.64. The van der Waals surface area contributed by atoms with Gasteiger partial charge in [-0.05, 0) is 12.1 Å². The standard InChI is InChI=1S/C13H14BrF4NO2/c1-19(6-8(14)7-21-2)12(20)9-4-3-5-10(11(9)15)13(16,17)18/h3-5,8H,6-7H2,1-2H3. The molecule has 1 atom stereocenters. The number of methoxy groups -OCH3 is 1. The summed E-state index contributed by atoms with van der Waals surface area (Å²) in [5, 5.41) is 0. The van der Waals surface area contributed by atoms with Crippen LogP contribution in [0.15, 0.2) is 18.2 Å². The van der Waals surface area contributed by atoms with Gasteiger partial charge in [0, 0.05) is 20.7 Å². The van der Waals surface area contributed by atoms with Crippen LogP contribution in [0.4, 0.5) is 17.6 Å². The third-order valence-electron chi connectivity index (χ3n) is 2.70. The van der Waals surface area contributed by atoms with E-state index in [-0.39, 0.29) is 11.4 Å². The Morgan fingerprint density at radius 3 is 2.57 bits per heavy atom. The van der Waals surface area contributed by atoms with Gasteiger partial charge in [-0.2, -0.15) is 13.2 Å². The van der Waals surface area contributed by atoms with Crippen molar-refractivity contribution in [2.24, 2.45) is 0 Å². The first-order chi connectivity index (χ1) is 9.68. The summed E-state index contributed by atoms with van der Waals surface area (Å²) in [5.41, 5.74) is -2.06. The second kappa shape index (κ2) is 7.22. The minimum Gasteiger partial charge on any atom is -0.383 e. The van der Waals surface area contributed by atoms with E-state index >= 15 is 0 Å². The number of rotatable bonds is 5. The summed E-state index contributed by atoms with van der Waals surface area (Å²) < 4.78 is 56.6. The minimum atomic E-state index is -4.84. The number of amides is 1. The molecule has 0 aliphatic carbocycles. The van der Waals surface area contributed by atoms with E-state index in [1.54, 1.807) is 0 Å². The molecule has 0 aliphatic rings. The number of hydrogen-bond donors (Lipinski definition) is 0. The molecule has 0 aliphatic heterocycles. The van der Waals surface area contributed by atoms with Crippen LogP contribution >= 0.6 is 15.9 Å². The van der Waals surface area contributed by atoms with E-state index in [0.717, 1.165) is 17.0 Å². The molecule has 1 aromatic carbocycles. The Morgan fingerprint density at radius 2 is 2.05 bits per heavy atom. The van der Waals surface area contributed by atoms with Crippen LogP contribution in [0.1, 0.15) is 15.9 Å². The Kier molecular flexibility index (Phi) is 6.15. The molecule has 8 heteroatoms. The number of benzene rings is 1. The number of hydrogen-bond acceptors (Lipinski definition) is 2. The van der Waals surface area contributed by atoms with Gasteiger partial charge >= 0.3 is 6.18 Å². The predicted octanol–water partition coefficient (Wildman–Crippen LogP) is 3.33. The lowest BCUT2D eigenvalue weighted by atomic mass is 10.1. The van der Waals surface area contributed by atoms with Crippen LogP contribution in [0.5, 0.6) is 0 Å². The summed E-state index contributed by atoms with van der Waals surface area (Å²) in [5.74, 6) is -2.38. The average Bonchev–Trinajstić information content (AvgIpc) is 2.37. The van der Waals surface area contributed by atoms with Crippen molar-refractivity contribution in [3.63, 3.8) is 0 Å². The lowest BCUT2D eigenvalue weighted by Crippen LogP contribution is -2.34. The van der Waals surface area contributed by atoms with Gasteiger partial charge in [0.05, 0.1) is 22.6 Å². The summed E-state index contributed by atoms with van der Waals surface area (Å²) in [4.78, 5) is 13.0. The van der Waals surface area contributed by atoms with E-state index in [1.807, 2.05) is 0 Å². The van der Waals surface area contributed by atoms with Crippen molar-refractivity contribution in [1.82, 2.24) is 4.90 Å². The van der Waals surface area contributed by atoms with Gasteiger partial charge in [0.15, 0.2) is 0 Å². The zero-order valence-electron chi connectivity index (χ0n) is 11.4. The summed E-state index contributed by atoms with van der Waals surface area (Å²) in [7, 11) is 2.86. The van der Waals surface area contributed by atoms with Gasteiger partial charge in [-0.1, -0.05) is 22.0 Å². The second-order valence-electron chi connectivity index (χ2n) is 4.40. The highest BCUT2D eigenvalue weighted by Crippen LogP contribution is 2.32. The quantitative estimate of drug-likeness (QED) is 0.586. The van der Waals surface area contributed by atoms with Crippen LogP contribution in [0, 0.1) is 5.82 Å². The lowest BCUT2D eigenvalue weighted by molar-refractivity contribution is -0.140. The molecule has 1 amide bonds. The fourth-order valence-corrected chi connectivity index (χ4v) is 2.43. The van der Waals surface area contributed by atoms with E-state index in [4.69, 9.17) is 4.74 Å². The van der Waals surface area contributed by atoms with Gasteiger partial charge in [0.25, 0.3) is 5.91 Å². The van der Waals surface area contributed by atoms with Crippen molar-refractivity contribution in [2.75, 3.05) is 27.3 Å². The largest absolute Gasteiger partial charge is 0.419 e. The van der Waals surface area contributed by atoms with E-state index in [1.165, 1.54) is 14.2 Å². The Hall–Kier alpha value is -1.15. The molecule has 0 N–H and O–H groups in total. The lowest BCUT2D eigenvalue weighted by Gasteiger charge is -2.21. The average molecular weight is 372 g/mol. The predicted molar refractivity (Wildman–Crippen MR) is 73.0 cm³/mol. The maximum absolute atomic E-state index is 13.9. The van der Waals surface area contributed by atoms with E-state index < -0.39 is 29.0 Å². The van der Waals surface area contributed by atoms with E-state index in [2.05, 4.69) is 15.9 Å². The maximum atomic E-state index is 13.9. The monoisotopic (exact) mass is 371 g/mol. The molecule has 0 heterocycles. The van der Waals surface area contributed by atoms with Crippen LogP contribution < -0.4 is 0 Å². The normalized spacial score (nSPS) is 13.1. The van der Waals surface area contributed by atoms with Gasteiger partial charge in [-0.15, -0.1) is 0 Å².